The maximum absolute atomic E-state index is 12.9. The van der Waals surface area contributed by atoms with Crippen LogP contribution in [0.3, 0.4) is 0 Å². The highest BCUT2D eigenvalue weighted by Gasteiger charge is 2.52. The predicted molar refractivity (Wildman–Crippen MR) is 135 cm³/mol. The molecule has 0 heterocycles. The highest BCUT2D eigenvalue weighted by atomic mass is 32.2. The van der Waals surface area contributed by atoms with E-state index in [0.29, 0.717) is 6.42 Å². The Balaban J connectivity index is 2.41. The molecule has 1 aliphatic carbocycles. The summed E-state index contributed by atoms with van der Waals surface area (Å²) in [5, 5.41) is -0.0908. The van der Waals surface area contributed by atoms with E-state index in [1.165, 1.54) is 26.4 Å². The van der Waals surface area contributed by atoms with E-state index in [1.807, 2.05) is 6.92 Å². The van der Waals surface area contributed by atoms with Crippen LogP contribution in [0, 0.1) is 24.7 Å². The highest BCUT2D eigenvalue weighted by molar-refractivity contribution is 7.86. The first-order valence-electron chi connectivity index (χ1n) is 11.9. The quantitative estimate of drug-likeness (QED) is 0.193. The topological polar surface area (TPSA) is 105 Å². The molecule has 10 heteroatoms. The van der Waals surface area contributed by atoms with Gasteiger partial charge in [-0.25, -0.2) is 0 Å². The van der Waals surface area contributed by atoms with Crippen molar-refractivity contribution in [3.05, 3.63) is 29.8 Å². The van der Waals surface area contributed by atoms with Crippen LogP contribution in [0.4, 0.5) is 0 Å². The molecular formula is C25H40O8SSi. The number of rotatable bonds is 10. The number of esters is 1. The second-order valence-electron chi connectivity index (χ2n) is 10.8. The lowest BCUT2D eigenvalue weighted by molar-refractivity contribution is -0.169. The SMILES string of the molecule is COC(=O)[C@H]1[C@@H](CC=O)[C@@H](COS(=O)(=O)c2ccc(C)cc2)C[C@@H](O[Si](C)(C)C(C)(C)C)[C@@H]1OC. The lowest BCUT2D eigenvalue weighted by Crippen LogP contribution is -2.57. The Morgan fingerprint density at radius 1 is 1.14 bits per heavy atom. The third-order valence-electron chi connectivity index (χ3n) is 7.44. The zero-order chi connectivity index (χ0) is 26.6. The van der Waals surface area contributed by atoms with Crippen LogP contribution in [0.15, 0.2) is 29.2 Å². The van der Waals surface area contributed by atoms with Crippen molar-refractivity contribution in [3.63, 3.8) is 0 Å². The summed E-state index contributed by atoms with van der Waals surface area (Å²) in [6, 6.07) is 6.39. The van der Waals surface area contributed by atoms with Crippen LogP contribution in [0.5, 0.6) is 0 Å². The molecule has 1 saturated carbocycles. The minimum absolute atomic E-state index is 0.0467. The third-order valence-corrected chi connectivity index (χ3v) is 13.2. The Kier molecular flexibility index (Phi) is 9.86. The van der Waals surface area contributed by atoms with Gasteiger partial charge >= 0.3 is 5.97 Å². The van der Waals surface area contributed by atoms with Crippen molar-refractivity contribution in [3.8, 4) is 0 Å². The maximum atomic E-state index is 12.9. The number of carbonyl (C=O) groups excluding carboxylic acids is 2. The Morgan fingerprint density at radius 3 is 2.23 bits per heavy atom. The van der Waals surface area contributed by atoms with E-state index >= 15 is 0 Å². The van der Waals surface area contributed by atoms with Crippen LogP contribution >= 0.6 is 0 Å². The molecule has 0 radical (unpaired) electrons. The molecule has 0 aromatic heterocycles. The molecule has 8 nitrogen and oxygen atoms in total. The number of aldehydes is 1. The summed E-state index contributed by atoms with van der Waals surface area (Å²) < 4.78 is 48.7. The van der Waals surface area contributed by atoms with Crippen molar-refractivity contribution in [2.75, 3.05) is 20.8 Å². The molecule has 0 amide bonds. The summed E-state index contributed by atoms with van der Waals surface area (Å²) in [5.41, 5.74) is 0.930. The first kappa shape index (κ1) is 29.6. The van der Waals surface area contributed by atoms with E-state index < -0.39 is 54.4 Å². The lowest BCUT2D eigenvalue weighted by atomic mass is 9.68. The Hall–Kier alpha value is -1.59. The molecule has 0 N–H and O–H groups in total. The predicted octanol–water partition coefficient (Wildman–Crippen LogP) is 4.12. The Morgan fingerprint density at radius 2 is 1.74 bits per heavy atom. The van der Waals surface area contributed by atoms with Gasteiger partial charge in [0.05, 0.1) is 36.7 Å². The number of methoxy groups -OCH3 is 2. The molecule has 0 unspecified atom stereocenters. The van der Waals surface area contributed by atoms with Crippen LogP contribution in [0.1, 0.15) is 39.2 Å². The van der Waals surface area contributed by atoms with E-state index in [9.17, 15) is 18.0 Å². The van der Waals surface area contributed by atoms with Gasteiger partial charge in [-0.3, -0.25) is 8.98 Å². The molecule has 1 aromatic carbocycles. The molecule has 1 fully saturated rings. The minimum Gasteiger partial charge on any atom is -0.469 e. The fourth-order valence-corrected chi connectivity index (χ4v) is 6.68. The fourth-order valence-electron chi connectivity index (χ4n) is 4.38. The second-order valence-corrected chi connectivity index (χ2v) is 17.2. The fraction of sp³-hybridized carbons (Fsp3) is 0.680. The van der Waals surface area contributed by atoms with Crippen LogP contribution in [-0.4, -0.2) is 62.0 Å². The van der Waals surface area contributed by atoms with Crippen LogP contribution in [0.2, 0.25) is 18.1 Å². The van der Waals surface area contributed by atoms with Gasteiger partial charge in [0.15, 0.2) is 8.32 Å². The van der Waals surface area contributed by atoms with Gasteiger partial charge in [-0.2, -0.15) is 8.42 Å². The molecular weight excluding hydrogens is 488 g/mol. The van der Waals surface area contributed by atoms with E-state index in [1.54, 1.807) is 12.1 Å². The van der Waals surface area contributed by atoms with Crippen molar-refractivity contribution in [2.45, 2.75) is 75.8 Å². The van der Waals surface area contributed by atoms with Crippen LogP contribution < -0.4 is 0 Å². The summed E-state index contributed by atoms with van der Waals surface area (Å²) in [4.78, 5) is 24.6. The van der Waals surface area contributed by atoms with Gasteiger partial charge in [-0.1, -0.05) is 38.5 Å². The Labute approximate surface area is 210 Å². The number of carbonyl (C=O) groups is 2. The minimum atomic E-state index is -4.02. The van der Waals surface area contributed by atoms with E-state index in [2.05, 4.69) is 33.9 Å². The van der Waals surface area contributed by atoms with Crippen molar-refractivity contribution >= 4 is 30.7 Å². The van der Waals surface area contributed by atoms with Crippen molar-refractivity contribution in [2.24, 2.45) is 17.8 Å². The molecule has 1 aromatic rings. The zero-order valence-corrected chi connectivity index (χ0v) is 23.9. The summed E-state index contributed by atoms with van der Waals surface area (Å²) in [7, 11) is -3.49. The van der Waals surface area contributed by atoms with Crippen molar-refractivity contribution in [1.29, 1.82) is 0 Å². The van der Waals surface area contributed by atoms with Crippen molar-refractivity contribution in [1.82, 2.24) is 0 Å². The van der Waals surface area contributed by atoms with E-state index in [-0.39, 0.29) is 23.0 Å². The monoisotopic (exact) mass is 528 g/mol. The maximum Gasteiger partial charge on any atom is 0.311 e. The van der Waals surface area contributed by atoms with E-state index in [0.717, 1.165) is 11.8 Å². The summed E-state index contributed by atoms with van der Waals surface area (Å²) >= 11 is 0. The van der Waals surface area contributed by atoms with Gasteiger partial charge in [0.25, 0.3) is 10.1 Å². The summed E-state index contributed by atoms with van der Waals surface area (Å²) in [6.45, 7) is 12.2. The molecule has 1 aliphatic rings. The second kappa shape index (κ2) is 11.6. The van der Waals surface area contributed by atoms with Crippen molar-refractivity contribution < 1.29 is 36.1 Å². The van der Waals surface area contributed by atoms with Crippen LogP contribution in [-0.2, 0) is 37.8 Å². The zero-order valence-electron chi connectivity index (χ0n) is 22.1. The molecule has 5 atom stereocenters. The molecule has 0 bridgehead atoms. The first-order valence-corrected chi connectivity index (χ1v) is 16.2. The average Bonchev–Trinajstić information content (AvgIpc) is 2.77. The summed E-state index contributed by atoms with van der Waals surface area (Å²) in [5.74, 6) is -2.27. The average molecular weight is 529 g/mol. The first-order chi connectivity index (χ1) is 16.2. The van der Waals surface area contributed by atoms with Gasteiger partial charge in [0, 0.05) is 13.5 Å². The molecule has 0 spiro atoms. The standard InChI is InChI=1S/C25H40O8SSi/c1-17-9-11-19(12-10-17)34(28,29)32-16-18-15-21(33-35(7,8)25(2,3)4)23(30-5)22(24(27)31-6)20(18)13-14-26/h9-12,14,18,20-23H,13,15-16H2,1-8H3/t18-,20+,21-,22+,23+/m1/s1. The Bertz CT molecular complexity index is 968. The van der Waals surface area contributed by atoms with Gasteiger partial charge in [0.2, 0.25) is 0 Å². The number of ether oxygens (including phenoxy) is 2. The van der Waals surface area contributed by atoms with Gasteiger partial charge in [-0.15, -0.1) is 0 Å². The normalized spacial score (nSPS) is 25.8. The number of hydrogen-bond acceptors (Lipinski definition) is 8. The summed E-state index contributed by atoms with van der Waals surface area (Å²) in [6.07, 6.45) is 0.0602. The lowest BCUT2D eigenvalue weighted by Gasteiger charge is -2.48. The number of aryl methyl sites for hydroxylation is 1. The van der Waals surface area contributed by atoms with E-state index in [4.69, 9.17) is 18.1 Å². The smallest absolute Gasteiger partial charge is 0.311 e. The van der Waals surface area contributed by atoms with Gasteiger partial charge in [0.1, 0.15) is 6.29 Å². The molecule has 2 rings (SSSR count). The number of benzene rings is 1. The van der Waals surface area contributed by atoms with Gasteiger partial charge < -0.3 is 18.7 Å². The molecule has 0 aliphatic heterocycles. The molecule has 0 saturated heterocycles. The van der Waals surface area contributed by atoms with Crippen LogP contribution in [0.25, 0.3) is 0 Å². The molecule has 198 valence electrons. The molecule has 35 heavy (non-hydrogen) atoms. The largest absolute Gasteiger partial charge is 0.469 e. The third kappa shape index (κ3) is 7.00. The highest BCUT2D eigenvalue weighted by Crippen LogP contribution is 2.45. The van der Waals surface area contributed by atoms with Gasteiger partial charge in [-0.05, 0) is 55.4 Å². The number of hydrogen-bond donors (Lipinski definition) is 0.